The van der Waals surface area contributed by atoms with Gasteiger partial charge in [0.15, 0.2) is 5.84 Å². The Hall–Kier alpha value is -3.83. The Morgan fingerprint density at radius 1 is 1.25 bits per heavy atom. The molecule has 0 bridgehead atoms. The van der Waals surface area contributed by atoms with Gasteiger partial charge in [-0.2, -0.15) is 0 Å². The molecule has 4 amide bonds. The minimum absolute atomic E-state index is 0.0125. The van der Waals surface area contributed by atoms with Crippen LogP contribution in [0.5, 0.6) is 0 Å². The van der Waals surface area contributed by atoms with E-state index in [0.717, 1.165) is 0 Å². The second-order valence-corrected chi connectivity index (χ2v) is 7.06. The lowest BCUT2D eigenvalue weighted by Gasteiger charge is -2.18. The maximum absolute atomic E-state index is 12.7. The number of urea groups is 1. The molecule has 32 heavy (non-hydrogen) atoms. The van der Waals surface area contributed by atoms with Crippen molar-refractivity contribution in [3.05, 3.63) is 29.8 Å². The highest BCUT2D eigenvalue weighted by atomic mass is 16.7. The molecule has 1 aliphatic rings. The van der Waals surface area contributed by atoms with Crippen molar-refractivity contribution in [2.24, 2.45) is 10.9 Å². The summed E-state index contributed by atoms with van der Waals surface area (Å²) < 4.78 is 4.78. The van der Waals surface area contributed by atoms with Gasteiger partial charge in [0.25, 0.3) is 0 Å². The first-order valence-electron chi connectivity index (χ1n) is 10.1. The van der Waals surface area contributed by atoms with Gasteiger partial charge in [0.2, 0.25) is 5.91 Å². The van der Waals surface area contributed by atoms with Gasteiger partial charge in [0, 0.05) is 38.4 Å². The van der Waals surface area contributed by atoms with E-state index in [1.165, 1.54) is 19.0 Å². The molecule has 1 fully saturated rings. The first-order chi connectivity index (χ1) is 15.2. The molecule has 174 valence electrons. The van der Waals surface area contributed by atoms with Crippen LogP contribution < -0.4 is 21.3 Å². The van der Waals surface area contributed by atoms with Crippen LogP contribution in [0.2, 0.25) is 0 Å². The Morgan fingerprint density at radius 3 is 2.56 bits per heavy atom. The Morgan fingerprint density at radius 2 is 1.94 bits per heavy atom. The van der Waals surface area contributed by atoms with Gasteiger partial charge in [-0.3, -0.25) is 14.4 Å². The molecule has 1 heterocycles. The highest BCUT2D eigenvalue weighted by molar-refractivity contribution is 6.02. The van der Waals surface area contributed by atoms with Gasteiger partial charge < -0.3 is 30.9 Å². The first kappa shape index (κ1) is 24.4. The van der Waals surface area contributed by atoms with Crippen molar-refractivity contribution in [2.75, 3.05) is 38.7 Å². The number of hydrogen-bond acceptors (Lipinski definition) is 7. The summed E-state index contributed by atoms with van der Waals surface area (Å²) in [6.07, 6.45) is -0.162. The minimum atomic E-state index is -0.672. The maximum Gasteiger partial charge on any atom is 0.435 e. The van der Waals surface area contributed by atoms with Crippen molar-refractivity contribution in [1.29, 1.82) is 0 Å². The van der Waals surface area contributed by atoms with Crippen molar-refractivity contribution in [2.45, 2.75) is 25.8 Å². The number of carbonyl (C=O) groups excluding carboxylic acids is 4. The van der Waals surface area contributed by atoms with Crippen LogP contribution in [0.15, 0.2) is 29.4 Å². The molecule has 0 aliphatic carbocycles. The predicted octanol–water partition coefficient (Wildman–Crippen LogP) is 0.363. The summed E-state index contributed by atoms with van der Waals surface area (Å²) >= 11 is 0. The Kier molecular flexibility index (Phi) is 8.81. The molecule has 0 saturated carbocycles. The fourth-order valence-corrected chi connectivity index (χ4v) is 2.83. The monoisotopic (exact) mass is 448 g/mol. The Bertz CT molecular complexity index is 870. The van der Waals surface area contributed by atoms with Gasteiger partial charge >= 0.3 is 18.1 Å². The van der Waals surface area contributed by atoms with Crippen LogP contribution >= 0.6 is 0 Å². The molecule has 2 rings (SSSR count). The Balaban J connectivity index is 1.88. The van der Waals surface area contributed by atoms with Crippen LogP contribution in [0.3, 0.4) is 0 Å². The number of oxime groups is 1. The molecule has 4 N–H and O–H groups in total. The number of carbonyl (C=O) groups is 4. The van der Waals surface area contributed by atoms with Gasteiger partial charge in [0.05, 0.1) is 13.0 Å². The number of anilines is 1. The van der Waals surface area contributed by atoms with Crippen molar-refractivity contribution in [3.8, 4) is 0 Å². The van der Waals surface area contributed by atoms with Crippen LogP contribution in [-0.4, -0.2) is 74.6 Å². The summed E-state index contributed by atoms with van der Waals surface area (Å²) in [5.41, 5.74) is 6.96. The standard InChI is InChI=1S/C20H28N6O6/c1-4-31-16(27)9-11-22-19(29)23-15-10-12-26(18(15)28)14-7-5-13(6-8-14)17(21)24-32-20(30)25(2)3/h5-8,15H,4,9-12H2,1-3H3,(H2,21,24)(H2,22,23,29). The van der Waals surface area contributed by atoms with Crippen LogP contribution in [0.25, 0.3) is 0 Å². The third-order valence-electron chi connectivity index (χ3n) is 4.49. The number of amidine groups is 1. The molecular formula is C20H28N6O6. The van der Waals surface area contributed by atoms with E-state index in [4.69, 9.17) is 10.5 Å². The Labute approximate surface area is 185 Å². The fraction of sp³-hybridized carbons (Fsp3) is 0.450. The third kappa shape index (κ3) is 6.86. The van der Waals surface area contributed by atoms with E-state index in [9.17, 15) is 19.2 Å². The van der Waals surface area contributed by atoms with E-state index >= 15 is 0 Å². The van der Waals surface area contributed by atoms with E-state index in [1.807, 2.05) is 0 Å². The second kappa shape index (κ2) is 11.5. The highest BCUT2D eigenvalue weighted by Gasteiger charge is 2.33. The number of benzene rings is 1. The lowest BCUT2D eigenvalue weighted by molar-refractivity contribution is -0.142. The normalized spacial score (nSPS) is 15.8. The number of amides is 4. The van der Waals surface area contributed by atoms with E-state index < -0.39 is 24.1 Å². The lowest BCUT2D eigenvalue weighted by atomic mass is 10.2. The average molecular weight is 448 g/mol. The lowest BCUT2D eigenvalue weighted by Crippen LogP contribution is -2.46. The first-order valence-corrected chi connectivity index (χ1v) is 10.1. The molecule has 0 spiro atoms. The highest BCUT2D eigenvalue weighted by Crippen LogP contribution is 2.22. The zero-order valence-electron chi connectivity index (χ0n) is 18.3. The topological polar surface area (TPSA) is 156 Å². The molecule has 1 unspecified atom stereocenters. The number of nitrogens with zero attached hydrogens (tertiary/aromatic N) is 3. The number of hydrogen-bond donors (Lipinski definition) is 3. The van der Waals surface area contributed by atoms with Gasteiger partial charge in [-0.1, -0.05) is 5.16 Å². The molecule has 1 aromatic carbocycles. The second-order valence-electron chi connectivity index (χ2n) is 7.06. The summed E-state index contributed by atoms with van der Waals surface area (Å²) in [4.78, 5) is 54.8. The molecular weight excluding hydrogens is 420 g/mol. The van der Waals surface area contributed by atoms with Crippen LogP contribution in [0.1, 0.15) is 25.3 Å². The van der Waals surface area contributed by atoms with E-state index in [2.05, 4.69) is 20.6 Å². The molecule has 12 heteroatoms. The third-order valence-corrected chi connectivity index (χ3v) is 4.49. The maximum atomic E-state index is 12.7. The summed E-state index contributed by atoms with van der Waals surface area (Å²) in [5.74, 6) is -0.640. The number of rotatable bonds is 8. The average Bonchev–Trinajstić information content (AvgIpc) is 3.11. The SMILES string of the molecule is CCOC(=O)CCNC(=O)NC1CCN(c2ccc(C(N)=NOC(=O)N(C)C)cc2)C1=O. The number of nitrogens with two attached hydrogens (primary N) is 1. The van der Waals surface area contributed by atoms with Crippen molar-refractivity contribution >= 4 is 35.5 Å². The van der Waals surface area contributed by atoms with Crippen molar-refractivity contribution in [3.63, 3.8) is 0 Å². The summed E-state index contributed by atoms with van der Waals surface area (Å²) in [5, 5.41) is 8.74. The van der Waals surface area contributed by atoms with Crippen molar-refractivity contribution < 1.29 is 28.8 Å². The molecule has 1 atom stereocenters. The van der Waals surface area contributed by atoms with E-state index in [1.54, 1.807) is 36.1 Å². The largest absolute Gasteiger partial charge is 0.466 e. The summed E-state index contributed by atoms with van der Waals surface area (Å²) in [7, 11) is 3.04. The molecule has 12 nitrogen and oxygen atoms in total. The van der Waals surface area contributed by atoms with E-state index in [0.29, 0.717) is 24.2 Å². The van der Waals surface area contributed by atoms with Crippen LogP contribution in [0, 0.1) is 0 Å². The zero-order chi connectivity index (χ0) is 23.7. The smallest absolute Gasteiger partial charge is 0.435 e. The van der Waals surface area contributed by atoms with E-state index in [-0.39, 0.29) is 31.3 Å². The zero-order valence-corrected chi connectivity index (χ0v) is 18.3. The predicted molar refractivity (Wildman–Crippen MR) is 116 cm³/mol. The fourth-order valence-electron chi connectivity index (χ4n) is 2.83. The number of ether oxygens (including phenoxy) is 1. The molecule has 1 saturated heterocycles. The van der Waals surface area contributed by atoms with Gasteiger partial charge in [-0.25, -0.2) is 9.59 Å². The summed E-state index contributed by atoms with van der Waals surface area (Å²) in [6, 6.07) is 5.47. The number of nitrogens with one attached hydrogen (secondary N) is 2. The van der Waals surface area contributed by atoms with Crippen LogP contribution in [-0.2, 0) is 19.2 Å². The van der Waals surface area contributed by atoms with Crippen LogP contribution in [0.4, 0.5) is 15.3 Å². The quantitative estimate of drug-likeness (QED) is 0.170. The molecule has 0 aromatic heterocycles. The molecule has 0 radical (unpaired) electrons. The number of esters is 1. The minimum Gasteiger partial charge on any atom is -0.466 e. The van der Waals surface area contributed by atoms with Gasteiger partial charge in [0.1, 0.15) is 6.04 Å². The van der Waals surface area contributed by atoms with Gasteiger partial charge in [-0.15, -0.1) is 0 Å². The van der Waals surface area contributed by atoms with Crippen molar-refractivity contribution in [1.82, 2.24) is 15.5 Å². The van der Waals surface area contributed by atoms with Gasteiger partial charge in [-0.05, 0) is 37.6 Å². The molecule has 1 aromatic rings. The summed E-state index contributed by atoms with van der Waals surface area (Å²) in [6.45, 7) is 2.52. The molecule has 1 aliphatic heterocycles.